The van der Waals surface area contributed by atoms with Crippen LogP contribution < -0.4 is 10.1 Å². The third kappa shape index (κ3) is 5.34. The van der Waals surface area contributed by atoms with Crippen LogP contribution in [0.1, 0.15) is 25.1 Å². The lowest BCUT2D eigenvalue weighted by Gasteiger charge is -2.11. The number of anilines is 1. The van der Waals surface area contributed by atoms with E-state index in [-0.39, 0.29) is 5.91 Å². The molecule has 0 aliphatic carbocycles. The highest BCUT2D eigenvalue weighted by Crippen LogP contribution is 2.29. The van der Waals surface area contributed by atoms with Crippen LogP contribution in [-0.2, 0) is 4.79 Å². The van der Waals surface area contributed by atoms with Gasteiger partial charge in [0, 0.05) is 16.6 Å². The van der Waals surface area contributed by atoms with Crippen LogP contribution in [0.25, 0.3) is 11.3 Å². The molecule has 8 heteroatoms. The quantitative estimate of drug-likeness (QED) is 0.543. The number of carbonyl (C=O) groups excluding carboxylic acids is 1. The molecule has 3 rings (SSSR count). The van der Waals surface area contributed by atoms with E-state index in [0.29, 0.717) is 22.3 Å². The minimum Gasteiger partial charge on any atom is -0.494 e. The molecule has 2 heterocycles. The number of carbonyl (C=O) groups is 1. The predicted molar refractivity (Wildman–Crippen MR) is 116 cm³/mol. The van der Waals surface area contributed by atoms with E-state index in [1.54, 1.807) is 19.1 Å². The van der Waals surface area contributed by atoms with E-state index >= 15 is 0 Å². The third-order valence-corrected chi connectivity index (χ3v) is 5.83. The summed E-state index contributed by atoms with van der Waals surface area (Å²) in [6.45, 7) is 6.20. The fourth-order valence-electron chi connectivity index (χ4n) is 2.49. The van der Waals surface area contributed by atoms with Crippen molar-refractivity contribution in [1.29, 1.82) is 5.26 Å². The molecule has 0 bridgehead atoms. The SMILES string of the molecule is CCOc1ccc(-c2csc(NC(=O)C(C)Sc3nc(C)ccc3C#N)n2)cc1. The van der Waals surface area contributed by atoms with Crippen LogP contribution >= 0.6 is 23.1 Å². The van der Waals surface area contributed by atoms with Gasteiger partial charge < -0.3 is 10.1 Å². The topological polar surface area (TPSA) is 87.9 Å². The highest BCUT2D eigenvalue weighted by molar-refractivity contribution is 8.00. The number of ether oxygens (including phenoxy) is 1. The number of thiazole rings is 1. The maximum Gasteiger partial charge on any atom is 0.239 e. The number of aromatic nitrogens is 2. The zero-order chi connectivity index (χ0) is 20.8. The molecule has 0 aliphatic rings. The summed E-state index contributed by atoms with van der Waals surface area (Å²) in [5, 5.41) is 14.7. The lowest BCUT2D eigenvalue weighted by Crippen LogP contribution is -2.22. The summed E-state index contributed by atoms with van der Waals surface area (Å²) in [6.07, 6.45) is 0. The number of hydrogen-bond acceptors (Lipinski definition) is 7. The van der Waals surface area contributed by atoms with Crippen LogP contribution in [0.15, 0.2) is 46.8 Å². The molecule has 0 aliphatic heterocycles. The van der Waals surface area contributed by atoms with Crippen molar-refractivity contribution in [2.45, 2.75) is 31.0 Å². The smallest absolute Gasteiger partial charge is 0.239 e. The highest BCUT2D eigenvalue weighted by Gasteiger charge is 2.19. The van der Waals surface area contributed by atoms with Crippen LogP contribution in [0, 0.1) is 18.3 Å². The first-order valence-electron chi connectivity index (χ1n) is 9.04. The van der Waals surface area contributed by atoms with Gasteiger partial charge in [0.25, 0.3) is 0 Å². The van der Waals surface area contributed by atoms with E-state index in [9.17, 15) is 10.1 Å². The van der Waals surface area contributed by atoms with Gasteiger partial charge in [0.2, 0.25) is 5.91 Å². The molecule has 1 amide bonds. The van der Waals surface area contributed by atoms with Crippen molar-refractivity contribution < 1.29 is 9.53 Å². The zero-order valence-corrected chi connectivity index (χ0v) is 17.9. The first-order chi connectivity index (χ1) is 14.0. The van der Waals surface area contributed by atoms with Crippen molar-refractivity contribution in [1.82, 2.24) is 9.97 Å². The number of aryl methyl sites for hydroxylation is 1. The minimum absolute atomic E-state index is 0.185. The summed E-state index contributed by atoms with van der Waals surface area (Å²) in [7, 11) is 0. The first-order valence-corrected chi connectivity index (χ1v) is 10.8. The molecule has 1 unspecified atom stereocenters. The molecule has 3 aromatic rings. The minimum atomic E-state index is -0.422. The zero-order valence-electron chi connectivity index (χ0n) is 16.3. The Bertz CT molecular complexity index is 1040. The van der Waals surface area contributed by atoms with Crippen LogP contribution in [0.3, 0.4) is 0 Å². The normalized spacial score (nSPS) is 11.5. The summed E-state index contributed by atoms with van der Waals surface area (Å²) in [6, 6.07) is 13.3. The van der Waals surface area contributed by atoms with Gasteiger partial charge in [-0.05, 0) is 57.2 Å². The van der Waals surface area contributed by atoms with Crippen molar-refractivity contribution in [3.8, 4) is 23.1 Å². The van der Waals surface area contributed by atoms with Crippen LogP contribution in [0.4, 0.5) is 5.13 Å². The molecule has 0 fully saturated rings. The van der Waals surface area contributed by atoms with E-state index in [1.807, 2.05) is 43.5 Å². The molecular weight excluding hydrogens is 404 g/mol. The second kappa shape index (κ2) is 9.54. The summed E-state index contributed by atoms with van der Waals surface area (Å²) >= 11 is 2.63. The summed E-state index contributed by atoms with van der Waals surface area (Å²) in [4.78, 5) is 21.4. The molecule has 0 radical (unpaired) electrons. The first kappa shape index (κ1) is 20.8. The number of amides is 1. The molecule has 29 heavy (non-hydrogen) atoms. The molecular formula is C21H20N4O2S2. The Labute approximate surface area is 178 Å². The van der Waals surface area contributed by atoms with E-state index in [1.165, 1.54) is 23.1 Å². The van der Waals surface area contributed by atoms with Crippen molar-refractivity contribution in [2.75, 3.05) is 11.9 Å². The van der Waals surface area contributed by atoms with Gasteiger partial charge in [-0.15, -0.1) is 11.3 Å². The molecule has 0 spiro atoms. The fourth-order valence-corrected chi connectivity index (χ4v) is 4.15. The Morgan fingerprint density at radius 2 is 2.03 bits per heavy atom. The Balaban J connectivity index is 1.65. The van der Waals surface area contributed by atoms with E-state index in [4.69, 9.17) is 4.74 Å². The number of thioether (sulfide) groups is 1. The van der Waals surface area contributed by atoms with E-state index in [2.05, 4.69) is 21.4 Å². The summed E-state index contributed by atoms with van der Waals surface area (Å²) < 4.78 is 5.45. The Kier molecular flexibility index (Phi) is 6.86. The number of hydrogen-bond donors (Lipinski definition) is 1. The van der Waals surface area contributed by atoms with Crippen molar-refractivity contribution in [2.24, 2.45) is 0 Å². The molecule has 1 N–H and O–H groups in total. The van der Waals surface area contributed by atoms with Gasteiger partial charge in [0.15, 0.2) is 5.13 Å². The second-order valence-electron chi connectivity index (χ2n) is 6.16. The number of nitriles is 1. The van der Waals surface area contributed by atoms with Gasteiger partial charge in [-0.3, -0.25) is 4.79 Å². The van der Waals surface area contributed by atoms with Gasteiger partial charge in [-0.2, -0.15) is 5.26 Å². The number of nitrogens with one attached hydrogen (secondary N) is 1. The van der Waals surface area contributed by atoms with E-state index < -0.39 is 5.25 Å². The Morgan fingerprint density at radius 3 is 2.72 bits per heavy atom. The molecule has 0 saturated carbocycles. The van der Waals surface area contributed by atoms with Crippen LogP contribution in [0.5, 0.6) is 5.75 Å². The maximum atomic E-state index is 12.6. The van der Waals surface area contributed by atoms with Crippen LogP contribution in [0.2, 0.25) is 0 Å². The fraction of sp³-hybridized carbons (Fsp3) is 0.238. The van der Waals surface area contributed by atoms with Crippen molar-refractivity contribution >= 4 is 34.1 Å². The van der Waals surface area contributed by atoms with Crippen LogP contribution in [-0.4, -0.2) is 27.7 Å². The molecule has 1 atom stereocenters. The van der Waals surface area contributed by atoms with Crippen molar-refractivity contribution in [3.63, 3.8) is 0 Å². The lowest BCUT2D eigenvalue weighted by atomic mass is 10.2. The lowest BCUT2D eigenvalue weighted by molar-refractivity contribution is -0.115. The molecule has 1 aromatic carbocycles. The number of benzene rings is 1. The average Bonchev–Trinajstić information content (AvgIpc) is 3.17. The molecule has 2 aromatic heterocycles. The number of pyridine rings is 1. The van der Waals surface area contributed by atoms with Gasteiger partial charge in [0.1, 0.15) is 16.8 Å². The molecule has 6 nitrogen and oxygen atoms in total. The van der Waals surface area contributed by atoms with Gasteiger partial charge >= 0.3 is 0 Å². The number of rotatable bonds is 7. The van der Waals surface area contributed by atoms with Gasteiger partial charge in [0.05, 0.1) is 23.1 Å². The highest BCUT2D eigenvalue weighted by atomic mass is 32.2. The summed E-state index contributed by atoms with van der Waals surface area (Å²) in [5.41, 5.74) is 3.02. The predicted octanol–water partition coefficient (Wildman–Crippen LogP) is 4.90. The standard InChI is InChI=1S/C21H20N4O2S2/c1-4-27-17-9-7-15(8-10-17)18-12-28-21(24-18)25-19(26)14(3)29-20-16(11-22)6-5-13(2)23-20/h5-10,12,14H,4H2,1-3H3,(H,24,25,26). The monoisotopic (exact) mass is 424 g/mol. The third-order valence-electron chi connectivity index (χ3n) is 3.97. The molecule has 0 saturated heterocycles. The van der Waals surface area contributed by atoms with E-state index in [0.717, 1.165) is 22.7 Å². The maximum absolute atomic E-state index is 12.6. The average molecular weight is 425 g/mol. The Morgan fingerprint density at radius 1 is 1.28 bits per heavy atom. The Hall–Kier alpha value is -2.89. The summed E-state index contributed by atoms with van der Waals surface area (Å²) in [5.74, 6) is 0.627. The van der Waals surface area contributed by atoms with Gasteiger partial charge in [-0.1, -0.05) is 11.8 Å². The number of nitrogens with zero attached hydrogens (tertiary/aromatic N) is 3. The molecule has 148 valence electrons. The van der Waals surface area contributed by atoms with Crippen molar-refractivity contribution in [3.05, 3.63) is 53.0 Å². The second-order valence-corrected chi connectivity index (χ2v) is 8.35. The largest absolute Gasteiger partial charge is 0.494 e. The van der Waals surface area contributed by atoms with Gasteiger partial charge in [-0.25, -0.2) is 9.97 Å².